The summed E-state index contributed by atoms with van der Waals surface area (Å²) in [7, 11) is 0. The molecule has 0 saturated heterocycles. The van der Waals surface area contributed by atoms with Crippen LogP contribution >= 0.6 is 0 Å². The summed E-state index contributed by atoms with van der Waals surface area (Å²) in [5, 5.41) is 10.3. The van der Waals surface area contributed by atoms with E-state index in [-0.39, 0.29) is 11.8 Å². The van der Waals surface area contributed by atoms with Crippen LogP contribution in [0, 0.1) is 0 Å². The summed E-state index contributed by atoms with van der Waals surface area (Å²) in [5.41, 5.74) is 0.573. The zero-order valence-electron chi connectivity index (χ0n) is 11.7. The predicted molar refractivity (Wildman–Crippen MR) is 74.0 cm³/mol. The van der Waals surface area contributed by atoms with E-state index < -0.39 is 5.91 Å². The molecule has 0 saturated carbocycles. The number of para-hydroxylation sites is 2. The summed E-state index contributed by atoms with van der Waals surface area (Å²) in [5.74, 6) is 0.622. The van der Waals surface area contributed by atoms with Gasteiger partial charge in [0.15, 0.2) is 0 Å². The summed E-state index contributed by atoms with van der Waals surface area (Å²) < 4.78 is 10.7. The Labute approximate surface area is 117 Å². The van der Waals surface area contributed by atoms with Crippen molar-refractivity contribution in [2.45, 2.75) is 26.7 Å². The lowest BCUT2D eigenvalue weighted by atomic mass is 10.2. The van der Waals surface area contributed by atoms with Crippen LogP contribution in [0.1, 0.15) is 43.3 Å². The van der Waals surface area contributed by atoms with Gasteiger partial charge in [0.25, 0.3) is 0 Å². The van der Waals surface area contributed by atoms with E-state index in [1.807, 2.05) is 32.9 Å². The van der Waals surface area contributed by atoms with Gasteiger partial charge >= 0.3 is 11.8 Å². The fourth-order valence-corrected chi connectivity index (χ4v) is 1.59. The third kappa shape index (κ3) is 3.14. The van der Waals surface area contributed by atoms with Crippen LogP contribution in [0.2, 0.25) is 0 Å². The second kappa shape index (κ2) is 6.18. The maximum atomic E-state index is 12.0. The number of hydrogen-bond acceptors (Lipinski definition) is 5. The fourth-order valence-electron chi connectivity index (χ4n) is 1.59. The maximum Gasteiger partial charge on any atom is 0.313 e. The Hall–Kier alpha value is -2.37. The summed E-state index contributed by atoms with van der Waals surface area (Å²) in [6.45, 7) is 6.23. The first-order valence-corrected chi connectivity index (χ1v) is 6.48. The lowest BCUT2D eigenvalue weighted by molar-refractivity contribution is 0.0987. The molecule has 0 unspecified atom stereocenters. The first-order valence-electron chi connectivity index (χ1n) is 6.48. The van der Waals surface area contributed by atoms with E-state index in [0.717, 1.165) is 0 Å². The molecule has 0 aliphatic rings. The molecule has 20 heavy (non-hydrogen) atoms. The number of aromatic nitrogens is 2. The molecule has 106 valence electrons. The van der Waals surface area contributed by atoms with E-state index in [2.05, 4.69) is 15.5 Å². The molecule has 0 aliphatic carbocycles. The van der Waals surface area contributed by atoms with Crippen LogP contribution in [0.15, 0.2) is 28.7 Å². The molecule has 0 bridgehead atoms. The van der Waals surface area contributed by atoms with E-state index in [1.54, 1.807) is 12.1 Å². The lowest BCUT2D eigenvalue weighted by Crippen LogP contribution is -2.13. The first-order chi connectivity index (χ1) is 9.61. The van der Waals surface area contributed by atoms with Gasteiger partial charge in [0.1, 0.15) is 5.75 Å². The number of hydrogen-bond donors (Lipinski definition) is 1. The van der Waals surface area contributed by atoms with Gasteiger partial charge in [0.2, 0.25) is 5.89 Å². The number of nitrogens with zero attached hydrogens (tertiary/aromatic N) is 2. The van der Waals surface area contributed by atoms with Crippen molar-refractivity contribution in [3.8, 4) is 5.75 Å². The quantitative estimate of drug-likeness (QED) is 0.907. The molecule has 2 aromatic rings. The van der Waals surface area contributed by atoms with Gasteiger partial charge in [0, 0.05) is 5.92 Å². The second-order valence-corrected chi connectivity index (χ2v) is 4.48. The summed E-state index contributed by atoms with van der Waals surface area (Å²) in [4.78, 5) is 12.0. The minimum absolute atomic E-state index is 0.0556. The smallest absolute Gasteiger partial charge is 0.313 e. The molecule has 0 atom stereocenters. The van der Waals surface area contributed by atoms with Crippen molar-refractivity contribution in [3.05, 3.63) is 36.0 Å². The molecule has 0 aliphatic heterocycles. The van der Waals surface area contributed by atoms with Crippen LogP contribution in [0.3, 0.4) is 0 Å². The third-order valence-corrected chi connectivity index (χ3v) is 2.56. The minimum Gasteiger partial charge on any atom is -0.492 e. The van der Waals surface area contributed by atoms with Gasteiger partial charge in [-0.05, 0) is 19.1 Å². The highest BCUT2D eigenvalue weighted by molar-refractivity contribution is 6.01. The molecule has 1 aromatic heterocycles. The molecular weight excluding hydrogens is 258 g/mol. The lowest BCUT2D eigenvalue weighted by Gasteiger charge is -2.09. The topological polar surface area (TPSA) is 77.2 Å². The Balaban J connectivity index is 2.14. The average Bonchev–Trinajstić information content (AvgIpc) is 2.91. The molecule has 6 nitrogen and oxygen atoms in total. The van der Waals surface area contributed by atoms with Gasteiger partial charge in [-0.25, -0.2) is 0 Å². The molecular formula is C14H17N3O3. The normalized spacial score (nSPS) is 10.6. The highest BCUT2D eigenvalue weighted by Crippen LogP contribution is 2.24. The van der Waals surface area contributed by atoms with E-state index in [4.69, 9.17) is 9.15 Å². The van der Waals surface area contributed by atoms with Gasteiger partial charge in [-0.15, -0.1) is 10.2 Å². The Morgan fingerprint density at radius 2 is 2.10 bits per heavy atom. The predicted octanol–water partition coefficient (Wildman–Crippen LogP) is 2.84. The number of benzene rings is 1. The van der Waals surface area contributed by atoms with Gasteiger partial charge < -0.3 is 14.5 Å². The van der Waals surface area contributed by atoms with Crippen LogP contribution in [0.5, 0.6) is 5.75 Å². The molecule has 2 rings (SSSR count). The Morgan fingerprint density at radius 3 is 2.75 bits per heavy atom. The van der Waals surface area contributed by atoms with Crippen molar-refractivity contribution >= 4 is 11.6 Å². The number of ether oxygens (including phenoxy) is 1. The molecule has 1 N–H and O–H groups in total. The van der Waals surface area contributed by atoms with Crippen LogP contribution in [0.4, 0.5) is 5.69 Å². The van der Waals surface area contributed by atoms with Crippen LogP contribution in [-0.2, 0) is 0 Å². The minimum atomic E-state index is -0.448. The van der Waals surface area contributed by atoms with Crippen molar-refractivity contribution in [1.82, 2.24) is 10.2 Å². The SMILES string of the molecule is CCOc1ccccc1NC(=O)c1nnc(C(C)C)o1. The van der Waals surface area contributed by atoms with Crippen LogP contribution in [0.25, 0.3) is 0 Å². The van der Waals surface area contributed by atoms with Gasteiger partial charge in [0.05, 0.1) is 12.3 Å². The fraction of sp³-hybridized carbons (Fsp3) is 0.357. The van der Waals surface area contributed by atoms with E-state index in [1.165, 1.54) is 0 Å². The molecule has 0 spiro atoms. The largest absolute Gasteiger partial charge is 0.492 e. The summed E-state index contributed by atoms with van der Waals surface area (Å²) >= 11 is 0. The van der Waals surface area contributed by atoms with Crippen LogP contribution < -0.4 is 10.1 Å². The monoisotopic (exact) mass is 275 g/mol. The Morgan fingerprint density at radius 1 is 1.35 bits per heavy atom. The van der Waals surface area contributed by atoms with Gasteiger partial charge in [-0.2, -0.15) is 0 Å². The summed E-state index contributed by atoms with van der Waals surface area (Å²) in [6, 6.07) is 7.19. The van der Waals surface area contributed by atoms with Gasteiger partial charge in [-0.1, -0.05) is 26.0 Å². The highest BCUT2D eigenvalue weighted by Gasteiger charge is 2.17. The zero-order valence-corrected chi connectivity index (χ0v) is 11.7. The molecule has 0 radical (unpaired) electrons. The molecule has 1 amide bonds. The standard InChI is InChI=1S/C14H17N3O3/c1-4-19-11-8-6-5-7-10(11)15-12(18)14-17-16-13(20-14)9(2)3/h5-9H,4H2,1-3H3,(H,15,18). The highest BCUT2D eigenvalue weighted by atomic mass is 16.5. The molecule has 6 heteroatoms. The van der Waals surface area contributed by atoms with Crippen molar-refractivity contribution < 1.29 is 13.9 Å². The Bertz CT molecular complexity index is 593. The molecule has 1 aromatic carbocycles. The first kappa shape index (κ1) is 14.0. The number of rotatable bonds is 5. The third-order valence-electron chi connectivity index (χ3n) is 2.56. The van der Waals surface area contributed by atoms with Gasteiger partial charge in [-0.3, -0.25) is 4.79 Å². The molecule has 0 fully saturated rings. The average molecular weight is 275 g/mol. The number of carbonyl (C=O) groups is 1. The summed E-state index contributed by atoms with van der Waals surface area (Å²) in [6.07, 6.45) is 0. The van der Waals surface area contributed by atoms with Crippen molar-refractivity contribution in [3.63, 3.8) is 0 Å². The number of nitrogens with one attached hydrogen (secondary N) is 1. The number of carbonyl (C=O) groups excluding carboxylic acids is 1. The maximum absolute atomic E-state index is 12.0. The van der Waals surface area contributed by atoms with Crippen molar-refractivity contribution in [1.29, 1.82) is 0 Å². The van der Waals surface area contributed by atoms with E-state index in [9.17, 15) is 4.79 Å². The van der Waals surface area contributed by atoms with Crippen molar-refractivity contribution in [2.75, 3.05) is 11.9 Å². The van der Waals surface area contributed by atoms with Crippen LogP contribution in [-0.4, -0.2) is 22.7 Å². The second-order valence-electron chi connectivity index (χ2n) is 4.48. The Kier molecular flexibility index (Phi) is 4.34. The van der Waals surface area contributed by atoms with Crippen molar-refractivity contribution in [2.24, 2.45) is 0 Å². The van der Waals surface area contributed by atoms with E-state index in [0.29, 0.717) is 23.9 Å². The number of amides is 1. The molecule has 1 heterocycles. The van der Waals surface area contributed by atoms with E-state index >= 15 is 0 Å². The zero-order chi connectivity index (χ0) is 14.5. The number of anilines is 1.